The molecule has 2 N–H and O–H groups in total. The zero-order valence-electron chi connectivity index (χ0n) is 16.5. The molecule has 0 spiro atoms. The summed E-state index contributed by atoms with van der Waals surface area (Å²) in [5.74, 6) is -0.125. The normalized spacial score (nSPS) is 23.4. The Bertz CT molecular complexity index is 1140. The average Bonchev–Trinajstić information content (AvgIpc) is 3.08. The second-order valence-electron chi connectivity index (χ2n) is 7.69. The van der Waals surface area contributed by atoms with Gasteiger partial charge in [-0.2, -0.15) is 0 Å². The van der Waals surface area contributed by atoms with Crippen molar-refractivity contribution in [2.24, 2.45) is 0 Å². The highest BCUT2D eigenvalue weighted by Crippen LogP contribution is 2.42. The summed E-state index contributed by atoms with van der Waals surface area (Å²) in [6.45, 7) is 4.80. The molecular formula is C20H21F2N5O3. The van der Waals surface area contributed by atoms with Crippen molar-refractivity contribution in [3.05, 3.63) is 29.7 Å². The average molecular weight is 417 g/mol. The van der Waals surface area contributed by atoms with E-state index in [1.807, 2.05) is 11.5 Å². The highest BCUT2D eigenvalue weighted by Gasteiger charge is 2.30. The van der Waals surface area contributed by atoms with Gasteiger partial charge in [0, 0.05) is 6.61 Å². The van der Waals surface area contributed by atoms with Gasteiger partial charge in [0.05, 0.1) is 36.6 Å². The Balaban J connectivity index is 1.62. The number of hydrogen-bond donors (Lipinski definition) is 2. The van der Waals surface area contributed by atoms with Gasteiger partial charge in [-0.05, 0) is 26.3 Å². The highest BCUT2D eigenvalue weighted by molar-refractivity contribution is 5.92. The van der Waals surface area contributed by atoms with Gasteiger partial charge < -0.3 is 24.5 Å². The molecule has 0 bridgehead atoms. The number of aliphatic hydroxyl groups excluding tert-OH is 1. The number of aliphatic hydroxyl groups is 1. The van der Waals surface area contributed by atoms with Crippen molar-refractivity contribution in [1.82, 2.24) is 19.5 Å². The second-order valence-corrected chi connectivity index (χ2v) is 7.69. The number of benzene rings is 1. The third kappa shape index (κ3) is 2.98. The molecule has 4 heterocycles. The molecule has 8 nitrogen and oxygen atoms in total. The van der Waals surface area contributed by atoms with Crippen molar-refractivity contribution in [3.8, 4) is 17.0 Å². The Morgan fingerprint density at radius 3 is 2.87 bits per heavy atom. The van der Waals surface area contributed by atoms with Crippen molar-refractivity contribution in [2.45, 2.75) is 38.5 Å². The minimum atomic E-state index is -0.729. The molecule has 3 aromatic rings. The van der Waals surface area contributed by atoms with Crippen LogP contribution in [0.25, 0.3) is 22.3 Å². The number of imidazole rings is 1. The van der Waals surface area contributed by atoms with Crippen molar-refractivity contribution in [1.29, 1.82) is 0 Å². The van der Waals surface area contributed by atoms with Crippen molar-refractivity contribution < 1.29 is 23.4 Å². The summed E-state index contributed by atoms with van der Waals surface area (Å²) in [6, 6.07) is 0.846. The third-order valence-electron chi connectivity index (χ3n) is 5.59. The SMILES string of the molecule is Cc1nc2c(F)cc(-c3nc(NC4CCOCC4O)ncc3F)c3c2n1C(C)CO3. The van der Waals surface area contributed by atoms with Crippen LogP contribution in [0.3, 0.4) is 0 Å². The number of ether oxygens (including phenoxy) is 2. The van der Waals surface area contributed by atoms with E-state index in [4.69, 9.17) is 9.47 Å². The van der Waals surface area contributed by atoms with E-state index in [0.29, 0.717) is 36.7 Å². The van der Waals surface area contributed by atoms with Gasteiger partial charge >= 0.3 is 0 Å². The van der Waals surface area contributed by atoms with Crippen LogP contribution in [-0.4, -0.2) is 56.6 Å². The zero-order chi connectivity index (χ0) is 21.0. The molecule has 2 aromatic heterocycles. The lowest BCUT2D eigenvalue weighted by Crippen LogP contribution is -2.42. The standard InChI is InChI=1S/C20H21F2N5O3/c1-9-7-30-19-11(5-12(21)17-18(19)27(9)10(2)24-17)16-13(22)6-23-20(26-16)25-14-3-4-29-8-15(14)28/h5-6,9,14-15,28H,3-4,7-8H2,1-2H3,(H,23,25,26). The van der Waals surface area contributed by atoms with Crippen molar-refractivity contribution in [3.63, 3.8) is 0 Å². The van der Waals surface area contributed by atoms with Gasteiger partial charge in [-0.1, -0.05) is 0 Å². The van der Waals surface area contributed by atoms with Gasteiger partial charge in [0.1, 0.15) is 29.2 Å². The Labute approximate surface area is 170 Å². The van der Waals surface area contributed by atoms with E-state index in [1.54, 1.807) is 6.92 Å². The summed E-state index contributed by atoms with van der Waals surface area (Å²) >= 11 is 0. The van der Waals surface area contributed by atoms with Gasteiger partial charge in [0.25, 0.3) is 0 Å². The Morgan fingerprint density at radius 1 is 1.23 bits per heavy atom. The number of nitrogens with one attached hydrogen (secondary N) is 1. The fraction of sp³-hybridized carbons (Fsp3) is 0.450. The number of rotatable bonds is 3. The van der Waals surface area contributed by atoms with Gasteiger partial charge in [0.2, 0.25) is 5.95 Å². The Hall–Kier alpha value is -2.85. The quantitative estimate of drug-likeness (QED) is 0.677. The van der Waals surface area contributed by atoms with Gasteiger partial charge in [-0.15, -0.1) is 0 Å². The number of aromatic nitrogens is 4. The summed E-state index contributed by atoms with van der Waals surface area (Å²) in [5, 5.41) is 13.1. The molecule has 0 saturated carbocycles. The summed E-state index contributed by atoms with van der Waals surface area (Å²) in [7, 11) is 0. The number of anilines is 1. The maximum Gasteiger partial charge on any atom is 0.223 e. The first-order valence-corrected chi connectivity index (χ1v) is 9.83. The van der Waals surface area contributed by atoms with Gasteiger partial charge in [-0.3, -0.25) is 0 Å². The summed E-state index contributed by atoms with van der Waals surface area (Å²) < 4.78 is 42.6. The van der Waals surface area contributed by atoms with Crippen molar-refractivity contribution >= 4 is 17.0 Å². The van der Waals surface area contributed by atoms with Crippen LogP contribution >= 0.6 is 0 Å². The predicted molar refractivity (Wildman–Crippen MR) is 104 cm³/mol. The van der Waals surface area contributed by atoms with Crippen molar-refractivity contribution in [2.75, 3.05) is 25.1 Å². The van der Waals surface area contributed by atoms with Crippen LogP contribution in [0.2, 0.25) is 0 Å². The minimum Gasteiger partial charge on any atom is -0.488 e. The molecule has 1 saturated heterocycles. The second kappa shape index (κ2) is 7.13. The molecule has 3 unspecified atom stereocenters. The molecule has 2 aliphatic heterocycles. The first kappa shape index (κ1) is 19.1. The van der Waals surface area contributed by atoms with Crippen LogP contribution in [0.5, 0.6) is 5.75 Å². The molecule has 30 heavy (non-hydrogen) atoms. The maximum atomic E-state index is 14.9. The fourth-order valence-corrected chi connectivity index (χ4v) is 4.14. The zero-order valence-corrected chi connectivity index (χ0v) is 16.5. The lowest BCUT2D eigenvalue weighted by molar-refractivity contribution is -0.0136. The van der Waals surface area contributed by atoms with E-state index >= 15 is 0 Å². The summed E-state index contributed by atoms with van der Waals surface area (Å²) in [4.78, 5) is 12.6. The maximum absolute atomic E-state index is 14.9. The topological polar surface area (TPSA) is 94.3 Å². The van der Waals surface area contributed by atoms with Crippen LogP contribution in [0.15, 0.2) is 12.3 Å². The molecule has 0 aliphatic carbocycles. The van der Waals surface area contributed by atoms with Crippen LogP contribution in [0, 0.1) is 18.6 Å². The molecular weight excluding hydrogens is 396 g/mol. The van der Waals surface area contributed by atoms with Crippen LogP contribution in [-0.2, 0) is 4.74 Å². The molecule has 1 aromatic carbocycles. The lowest BCUT2D eigenvalue weighted by Gasteiger charge is -2.28. The molecule has 0 amide bonds. The predicted octanol–water partition coefficient (Wildman–Crippen LogP) is 2.60. The van der Waals surface area contributed by atoms with E-state index in [-0.39, 0.29) is 41.4 Å². The number of halogens is 2. The Kier molecular flexibility index (Phi) is 4.55. The minimum absolute atomic E-state index is 0.0281. The number of nitrogens with zero attached hydrogens (tertiary/aromatic N) is 4. The third-order valence-corrected chi connectivity index (χ3v) is 5.59. The number of hydrogen-bond acceptors (Lipinski definition) is 7. The first-order chi connectivity index (χ1) is 14.4. The Morgan fingerprint density at radius 2 is 2.07 bits per heavy atom. The summed E-state index contributed by atoms with van der Waals surface area (Å²) in [6.07, 6.45) is 0.856. The van der Waals surface area contributed by atoms with E-state index < -0.39 is 17.7 Å². The van der Waals surface area contributed by atoms with E-state index in [0.717, 1.165) is 6.20 Å². The molecule has 10 heteroatoms. The molecule has 3 atom stereocenters. The molecule has 2 aliphatic rings. The largest absolute Gasteiger partial charge is 0.488 e. The van der Waals surface area contributed by atoms with Gasteiger partial charge in [0.15, 0.2) is 17.4 Å². The molecule has 158 valence electrons. The molecule has 0 radical (unpaired) electrons. The smallest absolute Gasteiger partial charge is 0.223 e. The van der Waals surface area contributed by atoms with Gasteiger partial charge in [-0.25, -0.2) is 23.7 Å². The highest BCUT2D eigenvalue weighted by atomic mass is 19.1. The van der Waals surface area contributed by atoms with Crippen LogP contribution < -0.4 is 10.1 Å². The fourth-order valence-electron chi connectivity index (χ4n) is 4.14. The van der Waals surface area contributed by atoms with E-state index in [9.17, 15) is 13.9 Å². The van der Waals surface area contributed by atoms with Crippen LogP contribution in [0.4, 0.5) is 14.7 Å². The molecule has 5 rings (SSSR count). The van der Waals surface area contributed by atoms with E-state index in [1.165, 1.54) is 6.07 Å². The molecule has 1 fully saturated rings. The van der Waals surface area contributed by atoms with Crippen LogP contribution in [0.1, 0.15) is 25.2 Å². The summed E-state index contributed by atoms with van der Waals surface area (Å²) in [5.41, 5.74) is 0.804. The number of aryl methyl sites for hydroxylation is 1. The first-order valence-electron chi connectivity index (χ1n) is 9.83. The van der Waals surface area contributed by atoms with E-state index in [2.05, 4.69) is 20.3 Å². The lowest BCUT2D eigenvalue weighted by atomic mass is 10.1. The monoisotopic (exact) mass is 417 g/mol.